The minimum Gasteiger partial charge on any atom is -0.0844 e. The smallest absolute Gasteiger partial charge is 0.00533 e. The normalized spacial score (nSPS) is 44.4. The summed E-state index contributed by atoms with van der Waals surface area (Å²) in [7, 11) is 0. The van der Waals surface area contributed by atoms with Crippen molar-refractivity contribution in [3.8, 4) is 0 Å². The van der Waals surface area contributed by atoms with Crippen LogP contribution in [0.1, 0.15) is 19.3 Å². The van der Waals surface area contributed by atoms with Crippen LogP contribution in [-0.2, 0) is 0 Å². The van der Waals surface area contributed by atoms with Gasteiger partial charge in [-0.25, -0.2) is 0 Å². The molecule has 3 aliphatic rings. The van der Waals surface area contributed by atoms with Crippen molar-refractivity contribution >= 4 is 0 Å². The van der Waals surface area contributed by atoms with Crippen LogP contribution in [0, 0.1) is 11.3 Å². The Morgan fingerprint density at radius 3 is 3.36 bits per heavy atom. The first-order valence-electron chi connectivity index (χ1n) is 4.46. The number of hydrogen-bond donors (Lipinski definition) is 0. The van der Waals surface area contributed by atoms with Crippen molar-refractivity contribution in [1.82, 2.24) is 0 Å². The van der Waals surface area contributed by atoms with Gasteiger partial charge in [-0.05, 0) is 30.8 Å². The Bertz CT molecular complexity index is 280. The zero-order chi connectivity index (χ0) is 7.31. The Hall–Kier alpha value is -0.780. The molecule has 0 aliphatic heterocycles. The highest BCUT2D eigenvalue weighted by Crippen LogP contribution is 2.64. The lowest BCUT2D eigenvalue weighted by atomic mass is 9.96. The molecule has 0 saturated heterocycles. The summed E-state index contributed by atoms with van der Waals surface area (Å²) in [6.45, 7) is 0. The quantitative estimate of drug-likeness (QED) is 0.458. The average molecular weight is 144 g/mol. The Morgan fingerprint density at radius 1 is 1.36 bits per heavy atom. The topological polar surface area (TPSA) is 0 Å². The minimum absolute atomic E-state index is 0.604. The van der Waals surface area contributed by atoms with E-state index in [1.54, 1.807) is 5.57 Å². The van der Waals surface area contributed by atoms with Crippen LogP contribution in [0.2, 0.25) is 0 Å². The lowest BCUT2D eigenvalue weighted by Crippen LogP contribution is -1.98. The summed E-state index contributed by atoms with van der Waals surface area (Å²) in [4.78, 5) is 0. The highest BCUT2D eigenvalue weighted by Gasteiger charge is 2.55. The van der Waals surface area contributed by atoms with Crippen LogP contribution in [0.3, 0.4) is 0 Å². The van der Waals surface area contributed by atoms with Gasteiger partial charge in [0, 0.05) is 5.41 Å². The third-order valence-corrected chi connectivity index (χ3v) is 3.33. The van der Waals surface area contributed by atoms with Crippen molar-refractivity contribution in [3.05, 3.63) is 36.0 Å². The Balaban J connectivity index is 2.09. The second-order valence-electron chi connectivity index (χ2n) is 3.90. The first-order valence-corrected chi connectivity index (χ1v) is 4.46. The number of rotatable bonds is 0. The van der Waals surface area contributed by atoms with Gasteiger partial charge in [0.1, 0.15) is 0 Å². The first kappa shape index (κ1) is 5.82. The van der Waals surface area contributed by atoms with Crippen LogP contribution < -0.4 is 0 Å². The average Bonchev–Trinajstić information content (AvgIpc) is 2.58. The molecule has 1 spiro atoms. The molecule has 1 saturated carbocycles. The predicted molar refractivity (Wildman–Crippen MR) is 46.1 cm³/mol. The maximum Gasteiger partial charge on any atom is 0.00533 e. The Labute approximate surface area is 67.3 Å². The SMILES string of the molecule is C1=C[C@H]2C[C@@]23CC=CC3=CC1. The molecule has 11 heavy (non-hydrogen) atoms. The fourth-order valence-corrected chi connectivity index (χ4v) is 2.54. The van der Waals surface area contributed by atoms with Crippen LogP contribution in [0.5, 0.6) is 0 Å². The van der Waals surface area contributed by atoms with Crippen LogP contribution in [0.15, 0.2) is 36.0 Å². The van der Waals surface area contributed by atoms with Crippen molar-refractivity contribution in [2.24, 2.45) is 11.3 Å². The highest BCUT2D eigenvalue weighted by molar-refractivity contribution is 5.43. The Morgan fingerprint density at radius 2 is 2.36 bits per heavy atom. The molecule has 0 N–H and O–H groups in total. The van der Waals surface area contributed by atoms with E-state index in [0.29, 0.717) is 5.41 Å². The van der Waals surface area contributed by atoms with Crippen molar-refractivity contribution in [3.63, 3.8) is 0 Å². The van der Waals surface area contributed by atoms with Crippen molar-refractivity contribution in [2.75, 3.05) is 0 Å². The summed E-state index contributed by atoms with van der Waals surface area (Å²) in [5.41, 5.74) is 2.22. The summed E-state index contributed by atoms with van der Waals surface area (Å²) in [5, 5.41) is 0. The van der Waals surface area contributed by atoms with Gasteiger partial charge in [-0.1, -0.05) is 30.4 Å². The van der Waals surface area contributed by atoms with Gasteiger partial charge in [0.15, 0.2) is 0 Å². The lowest BCUT2D eigenvalue weighted by Gasteiger charge is -2.08. The fourth-order valence-electron chi connectivity index (χ4n) is 2.54. The van der Waals surface area contributed by atoms with Gasteiger partial charge in [-0.15, -0.1) is 0 Å². The summed E-state index contributed by atoms with van der Waals surface area (Å²) in [5.74, 6) is 0.881. The van der Waals surface area contributed by atoms with Crippen molar-refractivity contribution in [2.45, 2.75) is 19.3 Å². The minimum atomic E-state index is 0.604. The first-order chi connectivity index (χ1) is 5.42. The molecule has 0 unspecified atom stereocenters. The van der Waals surface area contributed by atoms with E-state index < -0.39 is 0 Å². The predicted octanol–water partition coefficient (Wildman–Crippen LogP) is 2.84. The lowest BCUT2D eigenvalue weighted by molar-refractivity contribution is 0.622. The molecule has 0 bridgehead atoms. The zero-order valence-electron chi connectivity index (χ0n) is 6.59. The van der Waals surface area contributed by atoms with Gasteiger partial charge in [0.05, 0.1) is 0 Å². The summed E-state index contributed by atoms with van der Waals surface area (Å²) in [6.07, 6.45) is 15.6. The summed E-state index contributed by atoms with van der Waals surface area (Å²) >= 11 is 0. The molecular weight excluding hydrogens is 132 g/mol. The molecule has 0 amide bonds. The molecule has 56 valence electrons. The van der Waals surface area contributed by atoms with Gasteiger partial charge in [0.2, 0.25) is 0 Å². The molecule has 0 aromatic rings. The van der Waals surface area contributed by atoms with Crippen LogP contribution in [-0.4, -0.2) is 0 Å². The molecule has 3 aliphatic carbocycles. The van der Waals surface area contributed by atoms with Gasteiger partial charge in [-0.3, -0.25) is 0 Å². The maximum absolute atomic E-state index is 2.41. The second kappa shape index (κ2) is 1.69. The van der Waals surface area contributed by atoms with Crippen LogP contribution in [0.4, 0.5) is 0 Å². The van der Waals surface area contributed by atoms with Gasteiger partial charge in [0.25, 0.3) is 0 Å². The second-order valence-corrected chi connectivity index (χ2v) is 3.90. The Kier molecular flexibility index (Phi) is 0.892. The molecule has 0 heterocycles. The molecule has 3 rings (SSSR count). The molecular formula is C11H12. The molecule has 0 radical (unpaired) electrons. The monoisotopic (exact) mass is 144 g/mol. The number of allylic oxidation sites excluding steroid dienone is 6. The van der Waals surface area contributed by atoms with Gasteiger partial charge in [-0.2, -0.15) is 0 Å². The van der Waals surface area contributed by atoms with Gasteiger partial charge < -0.3 is 0 Å². The van der Waals surface area contributed by atoms with E-state index in [1.807, 2.05) is 0 Å². The highest BCUT2D eigenvalue weighted by atomic mass is 14.6. The van der Waals surface area contributed by atoms with E-state index in [2.05, 4.69) is 30.4 Å². The van der Waals surface area contributed by atoms with Gasteiger partial charge >= 0.3 is 0 Å². The number of hydrogen-bond acceptors (Lipinski definition) is 0. The van der Waals surface area contributed by atoms with Crippen LogP contribution in [0.25, 0.3) is 0 Å². The molecule has 0 heteroatoms. The third-order valence-electron chi connectivity index (χ3n) is 3.33. The van der Waals surface area contributed by atoms with E-state index in [1.165, 1.54) is 12.8 Å². The molecule has 1 fully saturated rings. The third kappa shape index (κ3) is 0.604. The molecule has 0 nitrogen and oxygen atoms in total. The summed E-state index contributed by atoms with van der Waals surface area (Å²) in [6, 6.07) is 0. The van der Waals surface area contributed by atoms with Crippen molar-refractivity contribution < 1.29 is 0 Å². The molecule has 0 aromatic carbocycles. The van der Waals surface area contributed by atoms with E-state index in [4.69, 9.17) is 0 Å². The van der Waals surface area contributed by atoms with Crippen LogP contribution >= 0.6 is 0 Å². The fraction of sp³-hybridized carbons (Fsp3) is 0.455. The molecule has 2 atom stereocenters. The van der Waals surface area contributed by atoms with E-state index >= 15 is 0 Å². The standard InChI is InChI=1S/C11H12/c1-2-5-10-8-11(10)7-3-6-9(11)4-1/h2-6,10H,1,7-8H2/t10-,11+/m0/s1. The van der Waals surface area contributed by atoms with E-state index in [9.17, 15) is 0 Å². The summed E-state index contributed by atoms with van der Waals surface area (Å²) < 4.78 is 0. The largest absolute Gasteiger partial charge is 0.0844 e. The van der Waals surface area contributed by atoms with E-state index in [-0.39, 0.29) is 0 Å². The maximum atomic E-state index is 2.41. The molecule has 0 aromatic heterocycles. The van der Waals surface area contributed by atoms with E-state index in [0.717, 1.165) is 12.3 Å². The van der Waals surface area contributed by atoms with Crippen molar-refractivity contribution in [1.29, 1.82) is 0 Å². The zero-order valence-corrected chi connectivity index (χ0v) is 6.59.